The van der Waals surface area contributed by atoms with E-state index in [4.69, 9.17) is 11.6 Å². The van der Waals surface area contributed by atoms with Crippen LogP contribution in [0.4, 0.5) is 0 Å². The fourth-order valence-corrected chi connectivity index (χ4v) is 4.09. The Morgan fingerprint density at radius 2 is 1.97 bits per heavy atom. The minimum absolute atomic E-state index is 0.204. The zero-order chi connectivity index (χ0) is 23.8. The number of halogens is 1. The molecule has 1 amide bonds. The van der Waals surface area contributed by atoms with Gasteiger partial charge in [-0.05, 0) is 50.5 Å². The molecule has 174 valence electrons. The molecule has 2 atom stereocenters. The van der Waals surface area contributed by atoms with Crippen LogP contribution in [-0.2, 0) is 0 Å². The monoisotopic (exact) mass is 465 g/mol. The van der Waals surface area contributed by atoms with Gasteiger partial charge in [0.2, 0.25) is 0 Å². The van der Waals surface area contributed by atoms with Gasteiger partial charge in [-0.3, -0.25) is 4.79 Å². The SMILES string of the molecule is C=CCC(CC)C(C)NCCNC(=O)c1nn(-c2ccccn2)c(-c2ccc(Cl)cc2)c1C. The number of pyridine rings is 1. The average molecular weight is 466 g/mol. The van der Waals surface area contributed by atoms with E-state index in [0.29, 0.717) is 41.6 Å². The van der Waals surface area contributed by atoms with Gasteiger partial charge in [0.25, 0.3) is 5.91 Å². The van der Waals surface area contributed by atoms with E-state index in [-0.39, 0.29) is 5.91 Å². The summed E-state index contributed by atoms with van der Waals surface area (Å²) in [6.07, 6.45) is 5.74. The first kappa shape index (κ1) is 24.7. The maximum Gasteiger partial charge on any atom is 0.272 e. The summed E-state index contributed by atoms with van der Waals surface area (Å²) in [6, 6.07) is 13.5. The van der Waals surface area contributed by atoms with Crippen LogP contribution in [0.2, 0.25) is 5.02 Å². The predicted molar refractivity (Wildman–Crippen MR) is 135 cm³/mol. The largest absolute Gasteiger partial charge is 0.349 e. The number of hydrogen-bond donors (Lipinski definition) is 2. The molecule has 2 aromatic heterocycles. The Bertz CT molecular complexity index is 1060. The van der Waals surface area contributed by atoms with Crippen molar-refractivity contribution >= 4 is 17.5 Å². The number of nitrogens with one attached hydrogen (secondary N) is 2. The molecule has 0 aliphatic carbocycles. The maximum absolute atomic E-state index is 13.0. The Hall–Kier alpha value is -2.96. The fourth-order valence-electron chi connectivity index (χ4n) is 3.97. The van der Waals surface area contributed by atoms with Crippen LogP contribution in [0.15, 0.2) is 61.3 Å². The van der Waals surface area contributed by atoms with Crippen molar-refractivity contribution in [2.45, 2.75) is 39.7 Å². The first-order chi connectivity index (χ1) is 16.0. The summed E-state index contributed by atoms with van der Waals surface area (Å²) >= 11 is 6.08. The van der Waals surface area contributed by atoms with Crippen molar-refractivity contribution in [3.05, 3.63) is 77.6 Å². The zero-order valence-corrected chi connectivity index (χ0v) is 20.3. The Balaban J connectivity index is 1.77. The Labute approximate surface area is 201 Å². The molecule has 0 saturated heterocycles. The van der Waals surface area contributed by atoms with Crippen molar-refractivity contribution in [3.63, 3.8) is 0 Å². The van der Waals surface area contributed by atoms with Gasteiger partial charge in [0, 0.05) is 41.5 Å². The van der Waals surface area contributed by atoms with E-state index < -0.39 is 0 Å². The van der Waals surface area contributed by atoms with Crippen molar-refractivity contribution in [1.82, 2.24) is 25.4 Å². The molecule has 2 unspecified atom stereocenters. The lowest BCUT2D eigenvalue weighted by molar-refractivity contribution is 0.0947. The van der Waals surface area contributed by atoms with E-state index in [2.05, 4.69) is 41.1 Å². The molecule has 0 saturated carbocycles. The van der Waals surface area contributed by atoms with Crippen LogP contribution in [0, 0.1) is 12.8 Å². The Morgan fingerprint density at radius 1 is 1.21 bits per heavy atom. The van der Waals surface area contributed by atoms with E-state index >= 15 is 0 Å². The molecule has 0 fully saturated rings. The van der Waals surface area contributed by atoms with Crippen LogP contribution < -0.4 is 10.6 Å². The van der Waals surface area contributed by atoms with Gasteiger partial charge in [0.1, 0.15) is 0 Å². The fraction of sp³-hybridized carbons (Fsp3) is 0.346. The van der Waals surface area contributed by atoms with Crippen LogP contribution in [-0.4, -0.2) is 39.8 Å². The van der Waals surface area contributed by atoms with Gasteiger partial charge in [-0.25, -0.2) is 9.67 Å². The van der Waals surface area contributed by atoms with Gasteiger partial charge in [-0.2, -0.15) is 5.10 Å². The molecular formula is C26H32ClN5O. The normalized spacial score (nSPS) is 12.8. The molecule has 3 rings (SSSR count). The molecule has 2 heterocycles. The lowest BCUT2D eigenvalue weighted by Gasteiger charge is -2.22. The quantitative estimate of drug-likeness (QED) is 0.301. The first-order valence-corrected chi connectivity index (χ1v) is 11.7. The second-order valence-corrected chi connectivity index (χ2v) is 8.56. The van der Waals surface area contributed by atoms with Crippen molar-refractivity contribution < 1.29 is 4.79 Å². The summed E-state index contributed by atoms with van der Waals surface area (Å²) < 4.78 is 1.72. The number of hydrogen-bond acceptors (Lipinski definition) is 4. The molecule has 0 radical (unpaired) electrons. The lowest BCUT2D eigenvalue weighted by atomic mass is 9.95. The highest BCUT2D eigenvalue weighted by Crippen LogP contribution is 2.29. The summed E-state index contributed by atoms with van der Waals surface area (Å²) in [5.74, 6) is 0.981. The van der Waals surface area contributed by atoms with Crippen molar-refractivity contribution in [3.8, 4) is 17.1 Å². The van der Waals surface area contributed by atoms with Crippen molar-refractivity contribution in [2.24, 2.45) is 5.92 Å². The molecule has 33 heavy (non-hydrogen) atoms. The third-order valence-electron chi connectivity index (χ3n) is 5.90. The summed E-state index contributed by atoms with van der Waals surface area (Å²) in [6.45, 7) is 11.3. The molecule has 0 aliphatic heterocycles. The van der Waals surface area contributed by atoms with Crippen LogP contribution >= 0.6 is 11.6 Å². The van der Waals surface area contributed by atoms with Gasteiger partial charge >= 0.3 is 0 Å². The Kier molecular flexibility index (Phi) is 8.80. The smallest absolute Gasteiger partial charge is 0.272 e. The van der Waals surface area contributed by atoms with Crippen LogP contribution in [0.25, 0.3) is 17.1 Å². The minimum Gasteiger partial charge on any atom is -0.349 e. The molecule has 0 spiro atoms. The van der Waals surface area contributed by atoms with Crippen LogP contribution in [0.3, 0.4) is 0 Å². The zero-order valence-electron chi connectivity index (χ0n) is 19.5. The van der Waals surface area contributed by atoms with Gasteiger partial charge in [0.15, 0.2) is 11.5 Å². The molecule has 0 aliphatic rings. The summed E-state index contributed by atoms with van der Waals surface area (Å²) in [5.41, 5.74) is 2.91. The maximum atomic E-state index is 13.0. The van der Waals surface area contributed by atoms with Gasteiger partial charge in [0.05, 0.1) is 5.69 Å². The molecule has 6 nitrogen and oxygen atoms in total. The molecule has 1 aromatic carbocycles. The third kappa shape index (κ3) is 6.09. The first-order valence-electron chi connectivity index (χ1n) is 11.4. The number of carbonyl (C=O) groups excluding carboxylic acids is 1. The highest BCUT2D eigenvalue weighted by molar-refractivity contribution is 6.30. The topological polar surface area (TPSA) is 71.8 Å². The summed E-state index contributed by atoms with van der Waals surface area (Å²) in [4.78, 5) is 17.4. The Morgan fingerprint density at radius 3 is 2.61 bits per heavy atom. The number of benzene rings is 1. The standard InChI is InChI=1S/C26H32ClN5O/c1-5-9-20(6-2)19(4)28-16-17-30-26(33)24-18(3)25(21-11-13-22(27)14-12-21)32(31-24)23-10-7-8-15-29-23/h5,7-8,10-15,19-20,28H,1,6,9,16-17H2,2-4H3,(H,30,33). The number of rotatable bonds is 11. The van der Waals surface area contributed by atoms with E-state index in [1.54, 1.807) is 10.9 Å². The molecule has 0 bridgehead atoms. The second kappa shape index (κ2) is 11.8. The third-order valence-corrected chi connectivity index (χ3v) is 6.15. The average Bonchev–Trinajstić information content (AvgIpc) is 3.18. The molecule has 3 aromatic rings. The van der Waals surface area contributed by atoms with Gasteiger partial charge in [-0.1, -0.05) is 49.2 Å². The van der Waals surface area contributed by atoms with Crippen molar-refractivity contribution in [1.29, 1.82) is 0 Å². The van der Waals surface area contributed by atoms with Crippen LogP contribution in [0.5, 0.6) is 0 Å². The van der Waals surface area contributed by atoms with E-state index in [1.807, 2.05) is 55.5 Å². The number of aromatic nitrogens is 3. The highest BCUT2D eigenvalue weighted by atomic mass is 35.5. The number of allylic oxidation sites excluding steroid dienone is 1. The number of nitrogens with zero attached hydrogens (tertiary/aromatic N) is 3. The number of carbonyl (C=O) groups is 1. The molecule has 7 heteroatoms. The highest BCUT2D eigenvalue weighted by Gasteiger charge is 2.22. The molecular weight excluding hydrogens is 434 g/mol. The van der Waals surface area contributed by atoms with Crippen molar-refractivity contribution in [2.75, 3.05) is 13.1 Å². The van der Waals surface area contributed by atoms with Crippen LogP contribution in [0.1, 0.15) is 42.7 Å². The van der Waals surface area contributed by atoms with E-state index in [9.17, 15) is 4.79 Å². The number of amides is 1. The van der Waals surface area contributed by atoms with Gasteiger partial charge in [-0.15, -0.1) is 6.58 Å². The molecule has 2 N–H and O–H groups in total. The summed E-state index contributed by atoms with van der Waals surface area (Å²) in [7, 11) is 0. The van der Waals surface area contributed by atoms with E-state index in [0.717, 1.165) is 29.7 Å². The predicted octanol–water partition coefficient (Wildman–Crippen LogP) is 5.21. The second-order valence-electron chi connectivity index (χ2n) is 8.12. The minimum atomic E-state index is -0.204. The summed E-state index contributed by atoms with van der Waals surface area (Å²) in [5, 5.41) is 11.8. The van der Waals surface area contributed by atoms with E-state index in [1.165, 1.54) is 0 Å². The lowest BCUT2D eigenvalue weighted by Crippen LogP contribution is -2.39. The van der Waals surface area contributed by atoms with Gasteiger partial charge < -0.3 is 10.6 Å².